The average Bonchev–Trinajstić information content (AvgIpc) is 2.72. The fraction of sp³-hybridized carbons (Fsp3) is 0.320. The second-order valence-electron chi connectivity index (χ2n) is 7.69. The molecule has 3 rings (SSSR count). The van der Waals surface area contributed by atoms with Gasteiger partial charge in [0.1, 0.15) is 6.10 Å². The summed E-state index contributed by atoms with van der Waals surface area (Å²) in [6, 6.07) is 17.6. The highest BCUT2D eigenvalue weighted by Crippen LogP contribution is 2.36. The summed E-state index contributed by atoms with van der Waals surface area (Å²) in [5.74, 6) is 0.336. The van der Waals surface area contributed by atoms with Crippen molar-refractivity contribution in [3.05, 3.63) is 87.6 Å². The lowest BCUT2D eigenvalue weighted by atomic mass is 9.89. The van der Waals surface area contributed by atoms with Crippen molar-refractivity contribution >= 4 is 11.6 Å². The predicted molar refractivity (Wildman–Crippen MR) is 119 cm³/mol. The molecule has 3 aromatic rings. The SMILES string of the molecule is Cc1nc(-c2ccccc2C(C)C)c(C(O)c2ccc(Cl)cc2)cc1CCCO. The van der Waals surface area contributed by atoms with Gasteiger partial charge in [-0.3, -0.25) is 4.98 Å². The molecule has 0 fully saturated rings. The van der Waals surface area contributed by atoms with Crippen molar-refractivity contribution in [3.63, 3.8) is 0 Å². The van der Waals surface area contributed by atoms with Crippen molar-refractivity contribution in [3.8, 4) is 11.3 Å². The molecule has 0 aliphatic heterocycles. The average molecular weight is 410 g/mol. The zero-order valence-corrected chi connectivity index (χ0v) is 17.9. The van der Waals surface area contributed by atoms with E-state index >= 15 is 0 Å². The summed E-state index contributed by atoms with van der Waals surface area (Å²) in [5.41, 5.74) is 6.58. The molecule has 3 nitrogen and oxygen atoms in total. The third-order valence-electron chi connectivity index (χ3n) is 5.27. The molecule has 0 bridgehead atoms. The topological polar surface area (TPSA) is 53.4 Å². The Balaban J connectivity index is 2.19. The van der Waals surface area contributed by atoms with Crippen LogP contribution in [0.25, 0.3) is 11.3 Å². The number of rotatable bonds is 7. The van der Waals surface area contributed by atoms with Crippen molar-refractivity contribution in [2.45, 2.75) is 45.6 Å². The van der Waals surface area contributed by atoms with Gasteiger partial charge < -0.3 is 10.2 Å². The second kappa shape index (κ2) is 9.53. The third-order valence-corrected chi connectivity index (χ3v) is 5.52. The highest BCUT2D eigenvalue weighted by atomic mass is 35.5. The first-order chi connectivity index (χ1) is 13.9. The number of benzene rings is 2. The summed E-state index contributed by atoms with van der Waals surface area (Å²) in [6.45, 7) is 6.45. The van der Waals surface area contributed by atoms with E-state index in [9.17, 15) is 10.2 Å². The zero-order chi connectivity index (χ0) is 21.0. The molecule has 1 heterocycles. The Morgan fingerprint density at radius 2 is 1.69 bits per heavy atom. The van der Waals surface area contributed by atoms with E-state index < -0.39 is 6.10 Å². The van der Waals surface area contributed by atoms with Crippen LogP contribution in [-0.2, 0) is 6.42 Å². The van der Waals surface area contributed by atoms with Crippen molar-refractivity contribution in [2.24, 2.45) is 0 Å². The number of pyridine rings is 1. The normalized spacial score (nSPS) is 12.4. The molecule has 1 atom stereocenters. The van der Waals surface area contributed by atoms with Gasteiger partial charge in [-0.2, -0.15) is 0 Å². The Morgan fingerprint density at radius 1 is 1.00 bits per heavy atom. The van der Waals surface area contributed by atoms with Crippen molar-refractivity contribution in [2.75, 3.05) is 6.61 Å². The molecular weight excluding hydrogens is 382 g/mol. The van der Waals surface area contributed by atoms with Crippen LogP contribution in [-0.4, -0.2) is 21.8 Å². The van der Waals surface area contributed by atoms with Gasteiger partial charge in [-0.05, 0) is 60.6 Å². The minimum Gasteiger partial charge on any atom is -0.396 e. The van der Waals surface area contributed by atoms with E-state index in [2.05, 4.69) is 26.0 Å². The first-order valence-corrected chi connectivity index (χ1v) is 10.4. The van der Waals surface area contributed by atoms with Crippen LogP contribution in [0.1, 0.15) is 60.2 Å². The van der Waals surface area contributed by atoms with Gasteiger partial charge in [0.15, 0.2) is 0 Å². The van der Waals surface area contributed by atoms with E-state index in [0.29, 0.717) is 17.4 Å². The lowest BCUT2D eigenvalue weighted by Gasteiger charge is -2.21. The quantitative estimate of drug-likeness (QED) is 0.515. The van der Waals surface area contributed by atoms with Crippen molar-refractivity contribution in [1.82, 2.24) is 4.98 Å². The summed E-state index contributed by atoms with van der Waals surface area (Å²) in [7, 11) is 0. The van der Waals surface area contributed by atoms with Gasteiger partial charge in [-0.1, -0.05) is 61.8 Å². The Bertz CT molecular complexity index is 967. The molecule has 4 heteroatoms. The number of aryl methyl sites for hydroxylation is 2. The van der Waals surface area contributed by atoms with Crippen LogP contribution in [0.4, 0.5) is 0 Å². The Labute approximate surface area is 178 Å². The maximum atomic E-state index is 11.3. The van der Waals surface area contributed by atoms with E-state index in [-0.39, 0.29) is 6.61 Å². The van der Waals surface area contributed by atoms with Crippen LogP contribution in [0.15, 0.2) is 54.6 Å². The standard InChI is InChI=1S/C25H28ClNO2/c1-16(2)21-8-4-5-9-22(21)24-23(15-19(7-6-14-28)17(3)27-24)25(29)18-10-12-20(26)13-11-18/h4-5,8-13,15-16,25,28-29H,6-7,14H2,1-3H3. The lowest BCUT2D eigenvalue weighted by Crippen LogP contribution is -2.08. The smallest absolute Gasteiger partial charge is 0.106 e. The fourth-order valence-corrected chi connectivity index (χ4v) is 3.78. The monoisotopic (exact) mass is 409 g/mol. The van der Waals surface area contributed by atoms with Gasteiger partial charge in [-0.25, -0.2) is 0 Å². The number of aliphatic hydroxyl groups excluding tert-OH is 2. The summed E-state index contributed by atoms with van der Waals surface area (Å²) in [5, 5.41) is 21.1. The van der Waals surface area contributed by atoms with E-state index in [1.807, 2.05) is 37.3 Å². The van der Waals surface area contributed by atoms with Gasteiger partial charge >= 0.3 is 0 Å². The first-order valence-electron chi connectivity index (χ1n) is 10.1. The Hall–Kier alpha value is -2.20. The molecule has 152 valence electrons. The minimum atomic E-state index is -0.816. The molecule has 1 aromatic heterocycles. The molecule has 0 spiro atoms. The summed E-state index contributed by atoms with van der Waals surface area (Å²) < 4.78 is 0. The van der Waals surface area contributed by atoms with E-state index in [0.717, 1.165) is 40.1 Å². The molecule has 0 aliphatic carbocycles. The Kier molecular flexibility index (Phi) is 7.07. The molecular formula is C25H28ClNO2. The molecule has 1 unspecified atom stereocenters. The number of hydrogen-bond acceptors (Lipinski definition) is 3. The molecule has 0 radical (unpaired) electrons. The largest absolute Gasteiger partial charge is 0.396 e. The molecule has 0 amide bonds. The second-order valence-corrected chi connectivity index (χ2v) is 8.13. The van der Waals surface area contributed by atoms with Crippen molar-refractivity contribution in [1.29, 1.82) is 0 Å². The highest BCUT2D eigenvalue weighted by Gasteiger charge is 2.21. The number of hydrogen-bond donors (Lipinski definition) is 2. The van der Waals surface area contributed by atoms with Gasteiger partial charge in [0.05, 0.1) is 5.69 Å². The predicted octanol–water partition coefficient (Wildman–Crippen LogP) is 5.84. The maximum Gasteiger partial charge on any atom is 0.106 e. The number of aliphatic hydroxyl groups is 2. The highest BCUT2D eigenvalue weighted by molar-refractivity contribution is 6.30. The van der Waals surface area contributed by atoms with E-state index in [1.165, 1.54) is 5.56 Å². The molecule has 2 N–H and O–H groups in total. The molecule has 0 aliphatic rings. The van der Waals surface area contributed by atoms with Gasteiger partial charge in [0.2, 0.25) is 0 Å². The van der Waals surface area contributed by atoms with Crippen molar-refractivity contribution < 1.29 is 10.2 Å². The first kappa shape index (κ1) is 21.5. The van der Waals surface area contributed by atoms with Crippen LogP contribution < -0.4 is 0 Å². The van der Waals surface area contributed by atoms with Crippen LogP contribution in [0, 0.1) is 6.92 Å². The van der Waals surface area contributed by atoms with Crippen LogP contribution in [0.5, 0.6) is 0 Å². The summed E-state index contributed by atoms with van der Waals surface area (Å²) in [6.07, 6.45) is 0.575. The maximum absolute atomic E-state index is 11.3. The van der Waals surface area contributed by atoms with Gasteiger partial charge in [0, 0.05) is 28.5 Å². The molecule has 29 heavy (non-hydrogen) atoms. The van der Waals surface area contributed by atoms with E-state index in [1.54, 1.807) is 12.1 Å². The Morgan fingerprint density at radius 3 is 2.34 bits per heavy atom. The minimum absolute atomic E-state index is 0.131. The molecule has 2 aromatic carbocycles. The lowest BCUT2D eigenvalue weighted by molar-refractivity contribution is 0.220. The summed E-state index contributed by atoms with van der Waals surface area (Å²) in [4.78, 5) is 4.94. The van der Waals surface area contributed by atoms with Crippen LogP contribution in [0.2, 0.25) is 5.02 Å². The van der Waals surface area contributed by atoms with Gasteiger partial charge in [0.25, 0.3) is 0 Å². The third kappa shape index (κ3) is 4.87. The van der Waals surface area contributed by atoms with Gasteiger partial charge in [-0.15, -0.1) is 0 Å². The number of halogens is 1. The number of aromatic nitrogens is 1. The summed E-state index contributed by atoms with van der Waals surface area (Å²) >= 11 is 6.03. The zero-order valence-electron chi connectivity index (χ0n) is 17.2. The number of nitrogens with zero attached hydrogens (tertiary/aromatic N) is 1. The molecule has 0 saturated carbocycles. The molecule has 0 saturated heterocycles. The van der Waals surface area contributed by atoms with Crippen LogP contribution in [0.3, 0.4) is 0 Å². The van der Waals surface area contributed by atoms with E-state index in [4.69, 9.17) is 16.6 Å². The van der Waals surface area contributed by atoms with Crippen LogP contribution >= 0.6 is 11.6 Å². The fourth-order valence-electron chi connectivity index (χ4n) is 3.65.